The number of aliphatic hydroxyl groups is 1. The summed E-state index contributed by atoms with van der Waals surface area (Å²) in [6.45, 7) is 3.99. The lowest BCUT2D eigenvalue weighted by molar-refractivity contribution is -0.161. The fourth-order valence-corrected chi connectivity index (χ4v) is 4.74. The number of carbonyl (C=O) groups excluding carboxylic acids is 2. The van der Waals surface area contributed by atoms with E-state index in [-0.39, 0.29) is 31.6 Å². The number of ether oxygens (including phenoxy) is 2. The molecule has 272 valence electrons. The van der Waals surface area contributed by atoms with Crippen molar-refractivity contribution >= 4 is 11.9 Å². The second-order valence-corrected chi connectivity index (χ2v) is 12.3. The highest BCUT2D eigenvalue weighted by Crippen LogP contribution is 2.08. The Balaban J connectivity index is 3.78. The zero-order valence-corrected chi connectivity index (χ0v) is 30.7. The molecule has 0 aliphatic carbocycles. The Morgan fingerprint density at radius 3 is 1.29 bits per heavy atom. The van der Waals surface area contributed by atoms with Crippen molar-refractivity contribution in [1.82, 2.24) is 0 Å². The lowest BCUT2D eigenvalue weighted by Crippen LogP contribution is -2.28. The van der Waals surface area contributed by atoms with Gasteiger partial charge >= 0.3 is 11.9 Å². The van der Waals surface area contributed by atoms with E-state index in [9.17, 15) is 14.7 Å². The predicted molar refractivity (Wildman–Crippen MR) is 205 cm³/mol. The molecule has 0 saturated carbocycles. The van der Waals surface area contributed by atoms with Crippen molar-refractivity contribution in [1.29, 1.82) is 0 Å². The van der Waals surface area contributed by atoms with Gasteiger partial charge in [0.1, 0.15) is 6.61 Å². The van der Waals surface area contributed by atoms with Crippen LogP contribution in [0.2, 0.25) is 0 Å². The monoisotopic (exact) mass is 667 g/mol. The standard InChI is InChI=1S/C43H70O5/c1-3-5-7-9-11-13-15-17-19-21-23-25-27-29-31-33-35-37-42(45)47-40-41(39-44)48-43(46)38-36-34-32-30-28-26-24-22-20-18-16-14-12-10-8-6-4-2/h11,13,17-20,23-26,29-32,41,44H,3-10,12,14-16,21-22,27-28,33-40H2,1-2H3/t41-/m0/s1. The van der Waals surface area contributed by atoms with Crippen LogP contribution in [0.4, 0.5) is 0 Å². The number of allylic oxidation sites excluding steroid dienone is 14. The Hall–Kier alpha value is -2.92. The first kappa shape index (κ1) is 45.1. The van der Waals surface area contributed by atoms with Crippen LogP contribution in [-0.4, -0.2) is 36.4 Å². The molecule has 0 radical (unpaired) electrons. The fourth-order valence-electron chi connectivity index (χ4n) is 4.74. The largest absolute Gasteiger partial charge is 0.462 e. The summed E-state index contributed by atoms with van der Waals surface area (Å²) in [5.41, 5.74) is 0. The molecule has 1 atom stereocenters. The molecule has 0 aromatic heterocycles. The van der Waals surface area contributed by atoms with Crippen molar-refractivity contribution in [2.45, 2.75) is 161 Å². The summed E-state index contributed by atoms with van der Waals surface area (Å²) in [5.74, 6) is -0.726. The van der Waals surface area contributed by atoms with E-state index in [1.54, 1.807) is 0 Å². The minimum absolute atomic E-state index is 0.119. The highest BCUT2D eigenvalue weighted by molar-refractivity contribution is 5.70. The van der Waals surface area contributed by atoms with Crippen molar-refractivity contribution in [3.05, 3.63) is 85.1 Å². The Morgan fingerprint density at radius 2 is 0.833 bits per heavy atom. The zero-order valence-electron chi connectivity index (χ0n) is 30.7. The summed E-state index contributed by atoms with van der Waals surface area (Å²) in [6.07, 6.45) is 52.2. The van der Waals surface area contributed by atoms with Gasteiger partial charge in [0.2, 0.25) is 0 Å². The number of esters is 2. The average molecular weight is 667 g/mol. The van der Waals surface area contributed by atoms with Gasteiger partial charge in [-0.05, 0) is 83.5 Å². The molecule has 0 spiro atoms. The molecule has 0 aliphatic rings. The van der Waals surface area contributed by atoms with E-state index >= 15 is 0 Å². The van der Waals surface area contributed by atoms with Crippen LogP contribution < -0.4 is 0 Å². The minimum Gasteiger partial charge on any atom is -0.462 e. The molecule has 48 heavy (non-hydrogen) atoms. The van der Waals surface area contributed by atoms with E-state index < -0.39 is 6.10 Å². The van der Waals surface area contributed by atoms with Crippen molar-refractivity contribution < 1.29 is 24.2 Å². The van der Waals surface area contributed by atoms with Crippen LogP contribution in [0.1, 0.15) is 155 Å². The summed E-state index contributed by atoms with van der Waals surface area (Å²) < 4.78 is 10.5. The molecule has 1 N–H and O–H groups in total. The first-order valence-corrected chi connectivity index (χ1v) is 19.1. The SMILES string of the molecule is CCCCCC=CCC=CCC=CCC=CCCCC(=O)OC[C@H](CO)OC(=O)CCCC=CCC=CCC=CCCCCCCCC. The molecule has 0 rings (SSSR count). The highest BCUT2D eigenvalue weighted by atomic mass is 16.6. The molecule has 0 saturated heterocycles. The van der Waals surface area contributed by atoms with Crippen LogP contribution in [0.3, 0.4) is 0 Å². The molecule has 0 unspecified atom stereocenters. The normalized spacial score (nSPS) is 13.1. The van der Waals surface area contributed by atoms with Crippen LogP contribution in [0, 0.1) is 0 Å². The van der Waals surface area contributed by atoms with E-state index in [1.807, 2.05) is 0 Å². The summed E-state index contributed by atoms with van der Waals surface area (Å²) in [5, 5.41) is 9.53. The molecule has 0 aromatic rings. The summed E-state index contributed by atoms with van der Waals surface area (Å²) >= 11 is 0. The topological polar surface area (TPSA) is 72.8 Å². The first-order valence-electron chi connectivity index (χ1n) is 19.1. The Bertz CT molecular complexity index is 937. The maximum atomic E-state index is 12.1. The van der Waals surface area contributed by atoms with Gasteiger partial charge in [0.25, 0.3) is 0 Å². The number of rotatable bonds is 33. The number of hydrogen-bond donors (Lipinski definition) is 1. The third kappa shape index (κ3) is 35.9. The smallest absolute Gasteiger partial charge is 0.306 e. The van der Waals surface area contributed by atoms with Gasteiger partial charge in [0, 0.05) is 12.8 Å². The molecule has 0 fully saturated rings. The Kier molecular flexibility index (Phi) is 36.2. The van der Waals surface area contributed by atoms with Crippen molar-refractivity contribution in [2.75, 3.05) is 13.2 Å². The number of hydrogen-bond acceptors (Lipinski definition) is 5. The van der Waals surface area contributed by atoms with Gasteiger partial charge in [-0.3, -0.25) is 9.59 Å². The Morgan fingerprint density at radius 1 is 0.479 bits per heavy atom. The number of aliphatic hydroxyl groups excluding tert-OH is 1. The second kappa shape index (κ2) is 38.5. The summed E-state index contributed by atoms with van der Waals surface area (Å²) in [6, 6.07) is 0. The molecule has 5 nitrogen and oxygen atoms in total. The summed E-state index contributed by atoms with van der Waals surface area (Å²) in [4.78, 5) is 24.2. The molecular formula is C43H70O5. The van der Waals surface area contributed by atoms with Crippen LogP contribution in [0.15, 0.2) is 85.1 Å². The predicted octanol–water partition coefficient (Wildman–Crippen LogP) is 11.9. The molecule has 5 heteroatoms. The zero-order chi connectivity index (χ0) is 35.0. The van der Waals surface area contributed by atoms with Gasteiger partial charge in [-0.1, -0.05) is 144 Å². The summed E-state index contributed by atoms with van der Waals surface area (Å²) in [7, 11) is 0. The van der Waals surface area contributed by atoms with E-state index in [1.165, 1.54) is 70.6 Å². The minimum atomic E-state index is -0.824. The van der Waals surface area contributed by atoms with Gasteiger partial charge in [-0.25, -0.2) is 0 Å². The van der Waals surface area contributed by atoms with Crippen molar-refractivity contribution in [3.8, 4) is 0 Å². The van der Waals surface area contributed by atoms with Gasteiger partial charge in [-0.2, -0.15) is 0 Å². The fraction of sp³-hybridized carbons (Fsp3) is 0.628. The average Bonchev–Trinajstić information content (AvgIpc) is 3.09. The van der Waals surface area contributed by atoms with E-state index in [0.717, 1.165) is 44.9 Å². The van der Waals surface area contributed by atoms with Gasteiger partial charge in [-0.15, -0.1) is 0 Å². The maximum Gasteiger partial charge on any atom is 0.306 e. The van der Waals surface area contributed by atoms with Crippen molar-refractivity contribution in [2.24, 2.45) is 0 Å². The highest BCUT2D eigenvalue weighted by Gasteiger charge is 2.15. The van der Waals surface area contributed by atoms with Gasteiger partial charge in [0.15, 0.2) is 6.10 Å². The quantitative estimate of drug-likeness (QED) is 0.0429. The van der Waals surface area contributed by atoms with Gasteiger partial charge < -0.3 is 14.6 Å². The lowest BCUT2D eigenvalue weighted by atomic mass is 10.1. The van der Waals surface area contributed by atoms with Crippen LogP contribution in [0.5, 0.6) is 0 Å². The molecule has 0 aromatic carbocycles. The van der Waals surface area contributed by atoms with Crippen LogP contribution >= 0.6 is 0 Å². The van der Waals surface area contributed by atoms with E-state index in [4.69, 9.17) is 9.47 Å². The lowest BCUT2D eigenvalue weighted by Gasteiger charge is -2.15. The molecule has 0 bridgehead atoms. The van der Waals surface area contributed by atoms with Crippen LogP contribution in [-0.2, 0) is 19.1 Å². The molecule has 0 aliphatic heterocycles. The Labute approximate surface area is 295 Å². The molecule has 0 amide bonds. The number of unbranched alkanes of at least 4 members (excludes halogenated alkanes) is 11. The van der Waals surface area contributed by atoms with E-state index in [0.29, 0.717) is 19.3 Å². The number of carbonyl (C=O) groups is 2. The van der Waals surface area contributed by atoms with Gasteiger partial charge in [0.05, 0.1) is 6.61 Å². The maximum absolute atomic E-state index is 12.1. The van der Waals surface area contributed by atoms with Crippen molar-refractivity contribution in [3.63, 3.8) is 0 Å². The third-order valence-corrected chi connectivity index (χ3v) is 7.66. The molecular weight excluding hydrogens is 596 g/mol. The first-order chi connectivity index (χ1) is 23.6. The van der Waals surface area contributed by atoms with Crippen LogP contribution in [0.25, 0.3) is 0 Å². The molecule has 0 heterocycles. The second-order valence-electron chi connectivity index (χ2n) is 12.3. The third-order valence-electron chi connectivity index (χ3n) is 7.66. The van der Waals surface area contributed by atoms with E-state index in [2.05, 4.69) is 98.9 Å².